The maximum Gasteiger partial charge on any atom is 0.271 e. The summed E-state index contributed by atoms with van der Waals surface area (Å²) in [7, 11) is 0. The van der Waals surface area contributed by atoms with Gasteiger partial charge in [-0.1, -0.05) is 12.1 Å². The van der Waals surface area contributed by atoms with Gasteiger partial charge < -0.3 is 9.88 Å². The third-order valence-corrected chi connectivity index (χ3v) is 5.83. The SMILES string of the molecule is Cc1ccc(C)c(N2CCN(Cc3nc4cc(C)c(C)cc4[nH]c3=O)CC2)c1. The first-order chi connectivity index (χ1) is 13.4. The molecule has 3 aromatic rings. The Labute approximate surface area is 166 Å². The second-order valence-electron chi connectivity index (χ2n) is 8.02. The van der Waals surface area contributed by atoms with Crippen LogP contribution in [0.1, 0.15) is 27.9 Å². The fourth-order valence-electron chi connectivity index (χ4n) is 3.91. The van der Waals surface area contributed by atoms with Gasteiger partial charge in [-0.3, -0.25) is 9.69 Å². The highest BCUT2D eigenvalue weighted by molar-refractivity contribution is 5.76. The van der Waals surface area contributed by atoms with Crippen molar-refractivity contribution in [3.63, 3.8) is 0 Å². The normalized spacial score (nSPS) is 15.4. The first kappa shape index (κ1) is 18.7. The van der Waals surface area contributed by atoms with E-state index in [9.17, 15) is 4.79 Å². The number of rotatable bonds is 3. The average Bonchev–Trinajstić information content (AvgIpc) is 2.67. The summed E-state index contributed by atoms with van der Waals surface area (Å²) >= 11 is 0. The molecule has 146 valence electrons. The third kappa shape index (κ3) is 3.67. The summed E-state index contributed by atoms with van der Waals surface area (Å²) in [5.74, 6) is 0. The first-order valence-corrected chi connectivity index (χ1v) is 9.95. The lowest BCUT2D eigenvalue weighted by Gasteiger charge is -2.36. The van der Waals surface area contributed by atoms with E-state index in [0.717, 1.165) is 37.2 Å². The van der Waals surface area contributed by atoms with Crippen LogP contribution in [0.2, 0.25) is 0 Å². The van der Waals surface area contributed by atoms with Gasteiger partial charge in [-0.15, -0.1) is 0 Å². The molecular formula is C23H28N4O. The van der Waals surface area contributed by atoms with E-state index in [1.165, 1.54) is 27.9 Å². The van der Waals surface area contributed by atoms with Crippen molar-refractivity contribution in [1.29, 1.82) is 0 Å². The van der Waals surface area contributed by atoms with Crippen LogP contribution in [-0.2, 0) is 6.54 Å². The second kappa shape index (κ2) is 7.40. The third-order valence-electron chi connectivity index (χ3n) is 5.83. The van der Waals surface area contributed by atoms with Crippen LogP contribution in [-0.4, -0.2) is 41.0 Å². The maximum absolute atomic E-state index is 12.5. The number of fused-ring (bicyclic) bond motifs is 1. The van der Waals surface area contributed by atoms with Crippen molar-refractivity contribution in [2.24, 2.45) is 0 Å². The second-order valence-corrected chi connectivity index (χ2v) is 8.02. The minimum atomic E-state index is -0.0762. The molecule has 1 saturated heterocycles. The minimum absolute atomic E-state index is 0.0762. The molecule has 2 aromatic carbocycles. The van der Waals surface area contributed by atoms with E-state index in [1.54, 1.807) is 0 Å². The molecule has 1 N–H and O–H groups in total. The van der Waals surface area contributed by atoms with Crippen molar-refractivity contribution in [2.45, 2.75) is 34.2 Å². The number of hydrogen-bond acceptors (Lipinski definition) is 4. The predicted octanol–water partition coefficient (Wildman–Crippen LogP) is 3.48. The van der Waals surface area contributed by atoms with Crippen molar-refractivity contribution in [3.8, 4) is 0 Å². The van der Waals surface area contributed by atoms with Gasteiger partial charge in [-0.05, 0) is 68.1 Å². The zero-order chi connectivity index (χ0) is 19.8. The summed E-state index contributed by atoms with van der Waals surface area (Å²) in [5, 5.41) is 0. The van der Waals surface area contributed by atoms with E-state index >= 15 is 0 Å². The largest absolute Gasteiger partial charge is 0.369 e. The van der Waals surface area contributed by atoms with Gasteiger partial charge in [0.25, 0.3) is 5.56 Å². The molecule has 4 rings (SSSR count). The molecule has 5 heteroatoms. The number of nitrogens with zero attached hydrogens (tertiary/aromatic N) is 3. The summed E-state index contributed by atoms with van der Waals surface area (Å²) in [6.07, 6.45) is 0. The van der Waals surface area contributed by atoms with Gasteiger partial charge in [-0.25, -0.2) is 4.98 Å². The average molecular weight is 377 g/mol. The number of piperazine rings is 1. The van der Waals surface area contributed by atoms with Crippen molar-refractivity contribution < 1.29 is 0 Å². The number of aromatic nitrogens is 2. The molecule has 0 atom stereocenters. The molecule has 0 spiro atoms. The van der Waals surface area contributed by atoms with Gasteiger partial charge in [0.15, 0.2) is 0 Å². The molecule has 28 heavy (non-hydrogen) atoms. The van der Waals surface area contributed by atoms with Gasteiger partial charge in [0.05, 0.1) is 11.0 Å². The molecule has 0 bridgehead atoms. The van der Waals surface area contributed by atoms with Crippen LogP contribution in [0.4, 0.5) is 5.69 Å². The molecule has 0 saturated carbocycles. The van der Waals surface area contributed by atoms with E-state index in [2.05, 4.69) is 71.7 Å². The fourth-order valence-corrected chi connectivity index (χ4v) is 3.91. The Bertz CT molecular complexity index is 1080. The Kier molecular flexibility index (Phi) is 4.94. The van der Waals surface area contributed by atoms with Crippen LogP contribution >= 0.6 is 0 Å². The van der Waals surface area contributed by atoms with Crippen LogP contribution in [0, 0.1) is 27.7 Å². The van der Waals surface area contributed by atoms with Crippen molar-refractivity contribution in [1.82, 2.24) is 14.9 Å². The number of H-pyrrole nitrogens is 1. The van der Waals surface area contributed by atoms with Gasteiger partial charge >= 0.3 is 0 Å². The van der Waals surface area contributed by atoms with Gasteiger partial charge in [0.1, 0.15) is 5.69 Å². The summed E-state index contributed by atoms with van der Waals surface area (Å²) < 4.78 is 0. The zero-order valence-electron chi connectivity index (χ0n) is 17.2. The Morgan fingerprint density at radius 2 is 1.64 bits per heavy atom. The zero-order valence-corrected chi connectivity index (χ0v) is 17.2. The topological polar surface area (TPSA) is 52.2 Å². The van der Waals surface area contributed by atoms with E-state index in [1.807, 2.05) is 6.07 Å². The standard InChI is InChI=1S/C23H28N4O/c1-15-5-6-16(2)22(11-15)27-9-7-26(8-10-27)14-21-23(28)25-20-13-18(4)17(3)12-19(20)24-21/h5-6,11-13H,7-10,14H2,1-4H3,(H,25,28). The number of benzene rings is 2. The lowest BCUT2D eigenvalue weighted by molar-refractivity contribution is 0.246. The van der Waals surface area contributed by atoms with E-state index in [0.29, 0.717) is 12.2 Å². The van der Waals surface area contributed by atoms with Crippen LogP contribution in [0.25, 0.3) is 11.0 Å². The Hall–Kier alpha value is -2.66. The molecule has 0 aliphatic carbocycles. The van der Waals surface area contributed by atoms with Crippen molar-refractivity contribution in [3.05, 3.63) is 68.6 Å². The van der Waals surface area contributed by atoms with Gasteiger partial charge in [0, 0.05) is 38.4 Å². The highest BCUT2D eigenvalue weighted by atomic mass is 16.1. The highest BCUT2D eigenvalue weighted by Crippen LogP contribution is 2.23. The number of hydrogen-bond donors (Lipinski definition) is 1. The lowest BCUT2D eigenvalue weighted by atomic mass is 10.1. The van der Waals surface area contributed by atoms with Crippen LogP contribution in [0.5, 0.6) is 0 Å². The molecule has 0 amide bonds. The molecule has 0 unspecified atom stereocenters. The molecule has 1 aliphatic rings. The first-order valence-electron chi connectivity index (χ1n) is 9.95. The van der Waals surface area contributed by atoms with E-state index in [-0.39, 0.29) is 5.56 Å². The number of anilines is 1. The molecular weight excluding hydrogens is 348 g/mol. The minimum Gasteiger partial charge on any atom is -0.369 e. The summed E-state index contributed by atoms with van der Waals surface area (Å²) in [4.78, 5) is 25.0. The lowest BCUT2D eigenvalue weighted by Crippen LogP contribution is -2.46. The fraction of sp³-hybridized carbons (Fsp3) is 0.391. The predicted molar refractivity (Wildman–Crippen MR) is 115 cm³/mol. The smallest absolute Gasteiger partial charge is 0.271 e. The van der Waals surface area contributed by atoms with E-state index in [4.69, 9.17) is 0 Å². The molecule has 0 radical (unpaired) electrons. The summed E-state index contributed by atoms with van der Waals surface area (Å²) in [5.41, 5.74) is 8.51. The number of nitrogens with one attached hydrogen (secondary N) is 1. The quantitative estimate of drug-likeness (QED) is 0.760. The molecule has 2 heterocycles. The highest BCUT2D eigenvalue weighted by Gasteiger charge is 2.20. The molecule has 1 fully saturated rings. The molecule has 1 aromatic heterocycles. The van der Waals surface area contributed by atoms with Crippen LogP contribution in [0.15, 0.2) is 35.1 Å². The van der Waals surface area contributed by atoms with Crippen LogP contribution < -0.4 is 10.5 Å². The Balaban J connectivity index is 1.49. The summed E-state index contributed by atoms with van der Waals surface area (Å²) in [6.45, 7) is 12.8. The Morgan fingerprint density at radius 3 is 2.39 bits per heavy atom. The van der Waals surface area contributed by atoms with Crippen molar-refractivity contribution >= 4 is 16.7 Å². The van der Waals surface area contributed by atoms with E-state index < -0.39 is 0 Å². The van der Waals surface area contributed by atoms with Crippen LogP contribution in [0.3, 0.4) is 0 Å². The van der Waals surface area contributed by atoms with Crippen molar-refractivity contribution in [2.75, 3.05) is 31.1 Å². The van der Waals surface area contributed by atoms with Gasteiger partial charge in [-0.2, -0.15) is 0 Å². The monoisotopic (exact) mass is 376 g/mol. The van der Waals surface area contributed by atoms with Gasteiger partial charge in [0.2, 0.25) is 0 Å². The number of aromatic amines is 1. The molecule has 5 nitrogen and oxygen atoms in total. The Morgan fingerprint density at radius 1 is 0.929 bits per heavy atom. The number of aryl methyl sites for hydroxylation is 4. The maximum atomic E-state index is 12.5. The summed E-state index contributed by atoms with van der Waals surface area (Å²) in [6, 6.07) is 10.7. The molecule has 1 aliphatic heterocycles.